The SMILES string of the molecule is Cc1ccc(S(=O)(=O)N(C)c2ccc(Cl)cc2)cc1C[C@H](NC(=O)OC(C)(C)C)C(=O)OC(C)(C)C. The van der Waals surface area contributed by atoms with Crippen LogP contribution < -0.4 is 9.62 Å². The smallest absolute Gasteiger partial charge is 0.408 e. The van der Waals surface area contributed by atoms with Gasteiger partial charge in [-0.25, -0.2) is 18.0 Å². The van der Waals surface area contributed by atoms with Crippen molar-refractivity contribution in [2.75, 3.05) is 11.4 Å². The molecule has 2 aromatic rings. The van der Waals surface area contributed by atoms with Gasteiger partial charge in [-0.05, 0) is 96.0 Å². The minimum Gasteiger partial charge on any atom is -0.458 e. The second-order valence-corrected chi connectivity index (χ2v) is 12.9. The molecule has 0 aliphatic carbocycles. The maximum Gasteiger partial charge on any atom is 0.408 e. The van der Waals surface area contributed by atoms with E-state index in [1.54, 1.807) is 78.8 Å². The monoisotopic (exact) mass is 538 g/mol. The van der Waals surface area contributed by atoms with Crippen molar-refractivity contribution in [1.82, 2.24) is 5.32 Å². The summed E-state index contributed by atoms with van der Waals surface area (Å²) in [5, 5.41) is 3.07. The highest BCUT2D eigenvalue weighted by molar-refractivity contribution is 7.92. The molecule has 0 aliphatic rings. The third kappa shape index (κ3) is 8.41. The first kappa shape index (κ1) is 29.5. The van der Waals surface area contributed by atoms with Crippen LogP contribution in [0.15, 0.2) is 47.4 Å². The van der Waals surface area contributed by atoms with Gasteiger partial charge >= 0.3 is 12.1 Å². The van der Waals surface area contributed by atoms with E-state index in [2.05, 4.69) is 5.32 Å². The van der Waals surface area contributed by atoms with Gasteiger partial charge in [-0.3, -0.25) is 4.31 Å². The predicted octanol–water partition coefficient (Wildman–Crippen LogP) is 5.25. The number of alkyl carbamates (subject to hydrolysis) is 1. The molecule has 2 aromatic carbocycles. The predicted molar refractivity (Wildman–Crippen MR) is 141 cm³/mol. The minimum absolute atomic E-state index is 0.00795. The molecule has 1 N–H and O–H groups in total. The lowest BCUT2D eigenvalue weighted by atomic mass is 10.0. The Bertz CT molecular complexity index is 1200. The molecule has 8 nitrogen and oxygen atoms in total. The van der Waals surface area contributed by atoms with Gasteiger partial charge in [-0.15, -0.1) is 0 Å². The number of nitrogens with zero attached hydrogens (tertiary/aromatic N) is 1. The summed E-state index contributed by atoms with van der Waals surface area (Å²) in [7, 11) is -2.46. The first-order valence-corrected chi connectivity index (χ1v) is 13.3. The normalized spacial score (nSPS) is 13.0. The van der Waals surface area contributed by atoms with Crippen molar-refractivity contribution >= 4 is 39.4 Å². The molecule has 1 amide bonds. The zero-order valence-corrected chi connectivity index (χ0v) is 23.6. The Kier molecular flexibility index (Phi) is 9.07. The van der Waals surface area contributed by atoms with Gasteiger partial charge in [0, 0.05) is 18.5 Å². The number of rotatable bonds is 7. The number of carbonyl (C=O) groups is 2. The summed E-state index contributed by atoms with van der Waals surface area (Å²) < 4.78 is 38.6. The molecular weight excluding hydrogens is 504 g/mol. The molecule has 2 rings (SSSR count). The fraction of sp³-hybridized carbons (Fsp3) is 0.462. The van der Waals surface area contributed by atoms with E-state index < -0.39 is 39.3 Å². The Balaban J connectivity index is 2.40. The van der Waals surface area contributed by atoms with Crippen molar-refractivity contribution in [3.63, 3.8) is 0 Å². The van der Waals surface area contributed by atoms with Crippen LogP contribution in [0.4, 0.5) is 10.5 Å². The summed E-state index contributed by atoms with van der Waals surface area (Å²) in [6.07, 6.45) is -0.768. The van der Waals surface area contributed by atoms with Crippen LogP contribution in [-0.2, 0) is 30.7 Å². The first-order chi connectivity index (χ1) is 16.4. The maximum atomic E-state index is 13.3. The number of sulfonamides is 1. The van der Waals surface area contributed by atoms with Crippen molar-refractivity contribution in [2.45, 2.75) is 77.0 Å². The second kappa shape index (κ2) is 11.1. The summed E-state index contributed by atoms with van der Waals surface area (Å²) in [6, 6.07) is 10.0. The van der Waals surface area contributed by atoms with Crippen molar-refractivity contribution < 1.29 is 27.5 Å². The molecule has 0 fully saturated rings. The number of benzene rings is 2. The third-order valence-electron chi connectivity index (χ3n) is 4.98. The Hall–Kier alpha value is -2.78. The molecular formula is C26H35ClN2O6S. The van der Waals surface area contributed by atoms with Gasteiger partial charge in [0.1, 0.15) is 17.2 Å². The lowest BCUT2D eigenvalue weighted by Gasteiger charge is -2.27. The van der Waals surface area contributed by atoms with Gasteiger partial charge in [0.05, 0.1) is 10.6 Å². The average molecular weight is 539 g/mol. The van der Waals surface area contributed by atoms with E-state index in [1.807, 2.05) is 0 Å². The first-order valence-electron chi connectivity index (χ1n) is 11.5. The second-order valence-electron chi connectivity index (χ2n) is 10.5. The lowest BCUT2D eigenvalue weighted by molar-refractivity contribution is -0.157. The van der Waals surface area contributed by atoms with Crippen LogP contribution in [0.2, 0.25) is 5.02 Å². The summed E-state index contributed by atoms with van der Waals surface area (Å²) in [4.78, 5) is 25.4. The molecule has 0 saturated carbocycles. The summed E-state index contributed by atoms with van der Waals surface area (Å²) >= 11 is 5.93. The highest BCUT2D eigenvalue weighted by Gasteiger charge is 2.30. The summed E-state index contributed by atoms with van der Waals surface area (Å²) in [6.45, 7) is 12.1. The number of hydrogen-bond acceptors (Lipinski definition) is 6. The number of amides is 1. The van der Waals surface area contributed by atoms with Gasteiger partial charge in [0.15, 0.2) is 0 Å². The van der Waals surface area contributed by atoms with E-state index in [4.69, 9.17) is 21.1 Å². The quantitative estimate of drug-likeness (QED) is 0.483. The molecule has 0 heterocycles. The molecule has 198 valence electrons. The van der Waals surface area contributed by atoms with Crippen LogP contribution >= 0.6 is 11.6 Å². The molecule has 0 bridgehead atoms. The van der Waals surface area contributed by atoms with Crippen LogP contribution in [0, 0.1) is 6.92 Å². The molecule has 0 unspecified atom stereocenters. The topological polar surface area (TPSA) is 102 Å². The highest BCUT2D eigenvalue weighted by atomic mass is 35.5. The summed E-state index contributed by atoms with van der Waals surface area (Å²) in [5.41, 5.74) is 0.209. The third-order valence-corrected chi connectivity index (χ3v) is 7.01. The van der Waals surface area contributed by atoms with E-state index in [-0.39, 0.29) is 11.3 Å². The molecule has 0 spiro atoms. The van der Waals surface area contributed by atoms with Crippen LogP contribution in [-0.4, -0.2) is 44.8 Å². The van der Waals surface area contributed by atoms with E-state index >= 15 is 0 Å². The zero-order valence-electron chi connectivity index (χ0n) is 22.0. The van der Waals surface area contributed by atoms with Crippen LogP contribution in [0.3, 0.4) is 0 Å². The average Bonchev–Trinajstić information content (AvgIpc) is 2.72. The Morgan fingerprint density at radius 3 is 2.06 bits per heavy atom. The van der Waals surface area contributed by atoms with Gasteiger partial charge in [-0.2, -0.15) is 0 Å². The van der Waals surface area contributed by atoms with E-state index in [9.17, 15) is 18.0 Å². The van der Waals surface area contributed by atoms with Crippen LogP contribution in [0.1, 0.15) is 52.7 Å². The zero-order chi connectivity index (χ0) is 27.5. The standard InChI is InChI=1S/C26H35ClN2O6S/c1-17-9-14-21(36(32,33)29(8)20-12-10-19(27)11-13-20)15-18(17)16-22(23(30)34-25(2,3)4)28-24(31)35-26(5,6)7/h9-15,22H,16H2,1-8H3,(H,28,31)/t22-/m0/s1. The Morgan fingerprint density at radius 2 is 1.53 bits per heavy atom. The van der Waals surface area contributed by atoms with Gasteiger partial charge in [-0.1, -0.05) is 17.7 Å². The van der Waals surface area contributed by atoms with E-state index in [0.717, 1.165) is 9.87 Å². The van der Waals surface area contributed by atoms with Gasteiger partial charge in [0.25, 0.3) is 10.0 Å². The number of esters is 1. The fourth-order valence-electron chi connectivity index (χ4n) is 3.21. The van der Waals surface area contributed by atoms with Crippen molar-refractivity contribution in [3.05, 3.63) is 58.6 Å². The number of hydrogen-bond donors (Lipinski definition) is 1. The van der Waals surface area contributed by atoms with E-state index in [0.29, 0.717) is 16.3 Å². The molecule has 0 saturated heterocycles. The number of aryl methyl sites for hydroxylation is 1. The van der Waals surface area contributed by atoms with Crippen molar-refractivity contribution in [1.29, 1.82) is 0 Å². The maximum absolute atomic E-state index is 13.3. The molecule has 0 aliphatic heterocycles. The van der Waals surface area contributed by atoms with Gasteiger partial charge < -0.3 is 14.8 Å². The molecule has 1 atom stereocenters. The number of halogens is 1. The number of carbonyl (C=O) groups excluding carboxylic acids is 2. The van der Waals surface area contributed by atoms with E-state index in [1.165, 1.54) is 19.2 Å². The van der Waals surface area contributed by atoms with Crippen molar-refractivity contribution in [3.8, 4) is 0 Å². The van der Waals surface area contributed by atoms with Gasteiger partial charge in [0.2, 0.25) is 0 Å². The number of anilines is 1. The highest BCUT2D eigenvalue weighted by Crippen LogP contribution is 2.26. The Morgan fingerprint density at radius 1 is 0.972 bits per heavy atom. The molecule has 36 heavy (non-hydrogen) atoms. The number of nitrogens with one attached hydrogen (secondary N) is 1. The fourth-order valence-corrected chi connectivity index (χ4v) is 4.58. The largest absolute Gasteiger partial charge is 0.458 e. The van der Waals surface area contributed by atoms with Crippen LogP contribution in [0.25, 0.3) is 0 Å². The number of ether oxygens (including phenoxy) is 2. The van der Waals surface area contributed by atoms with Crippen LogP contribution in [0.5, 0.6) is 0 Å². The molecule has 0 radical (unpaired) electrons. The summed E-state index contributed by atoms with van der Waals surface area (Å²) in [5.74, 6) is -0.653. The lowest BCUT2D eigenvalue weighted by Crippen LogP contribution is -2.47. The minimum atomic E-state index is -3.91. The van der Waals surface area contributed by atoms with Crippen molar-refractivity contribution in [2.24, 2.45) is 0 Å². The molecule has 10 heteroatoms. The molecule has 0 aromatic heterocycles. The Labute approximate surface area is 219 Å².